The number of rotatable bonds is 6. The highest BCUT2D eigenvalue weighted by Crippen LogP contribution is 2.19. The second kappa shape index (κ2) is 10.7. The molecule has 5 nitrogen and oxygen atoms in total. The van der Waals surface area contributed by atoms with Gasteiger partial charge in [-0.1, -0.05) is 59.8 Å². The lowest BCUT2D eigenvalue weighted by molar-refractivity contribution is 0.422. The standard InChI is InChI=1S/C21H24N4O.HI/c1-3-22-21(23-14-18-12-8-7-9-16(18)2)24-15-19-13-20(26-25-19)17-10-5-4-6-11-17;/h4-13H,3,14-15H2,1-2H3,(H2,22,23,24);1H. The molecule has 0 aliphatic heterocycles. The van der Waals surface area contributed by atoms with E-state index in [2.05, 4.69) is 46.8 Å². The molecule has 0 spiro atoms. The number of nitrogens with zero attached hydrogens (tertiary/aromatic N) is 2. The van der Waals surface area contributed by atoms with Crippen LogP contribution in [-0.2, 0) is 13.1 Å². The van der Waals surface area contributed by atoms with Crippen molar-refractivity contribution in [2.75, 3.05) is 6.54 Å². The van der Waals surface area contributed by atoms with Gasteiger partial charge in [-0.15, -0.1) is 24.0 Å². The van der Waals surface area contributed by atoms with Crippen LogP contribution in [0.2, 0.25) is 0 Å². The van der Waals surface area contributed by atoms with Gasteiger partial charge >= 0.3 is 0 Å². The second-order valence-electron chi connectivity index (χ2n) is 6.02. The number of aromatic nitrogens is 1. The number of hydrogen-bond acceptors (Lipinski definition) is 3. The predicted molar refractivity (Wildman–Crippen MR) is 120 cm³/mol. The topological polar surface area (TPSA) is 62.5 Å². The molecule has 0 aliphatic carbocycles. The van der Waals surface area contributed by atoms with E-state index >= 15 is 0 Å². The van der Waals surface area contributed by atoms with Crippen LogP contribution in [0.15, 0.2) is 70.2 Å². The SMILES string of the molecule is CCNC(=NCc1ccccc1C)NCc1cc(-c2ccccc2)on1.I. The quantitative estimate of drug-likeness (QED) is 0.312. The Hall–Kier alpha value is -2.35. The van der Waals surface area contributed by atoms with Gasteiger partial charge in [-0.25, -0.2) is 4.99 Å². The number of benzene rings is 2. The fraction of sp³-hybridized carbons (Fsp3) is 0.238. The fourth-order valence-corrected chi connectivity index (χ4v) is 2.60. The number of guanidine groups is 1. The molecule has 0 amide bonds. The van der Waals surface area contributed by atoms with Crippen LogP contribution in [0.5, 0.6) is 0 Å². The molecule has 0 fully saturated rings. The Kier molecular flexibility index (Phi) is 8.32. The monoisotopic (exact) mass is 476 g/mol. The lowest BCUT2D eigenvalue weighted by atomic mass is 10.1. The Balaban J connectivity index is 0.00000261. The average Bonchev–Trinajstić information content (AvgIpc) is 3.15. The first-order chi connectivity index (χ1) is 12.8. The van der Waals surface area contributed by atoms with Gasteiger partial charge in [0.05, 0.1) is 13.1 Å². The summed E-state index contributed by atoms with van der Waals surface area (Å²) in [4.78, 5) is 4.66. The van der Waals surface area contributed by atoms with Crippen LogP contribution in [-0.4, -0.2) is 17.7 Å². The van der Waals surface area contributed by atoms with E-state index in [0.29, 0.717) is 13.1 Å². The highest BCUT2D eigenvalue weighted by Gasteiger charge is 2.07. The van der Waals surface area contributed by atoms with Crippen molar-refractivity contribution in [3.63, 3.8) is 0 Å². The van der Waals surface area contributed by atoms with Gasteiger partial charge in [-0.3, -0.25) is 0 Å². The van der Waals surface area contributed by atoms with Gasteiger partial charge in [0, 0.05) is 18.2 Å². The van der Waals surface area contributed by atoms with Crippen molar-refractivity contribution in [2.45, 2.75) is 26.9 Å². The van der Waals surface area contributed by atoms with Crippen molar-refractivity contribution in [3.8, 4) is 11.3 Å². The molecule has 27 heavy (non-hydrogen) atoms. The number of nitrogens with one attached hydrogen (secondary N) is 2. The maximum Gasteiger partial charge on any atom is 0.191 e. The Morgan fingerprint density at radius 1 is 1.04 bits per heavy atom. The normalized spacial score (nSPS) is 11.0. The highest BCUT2D eigenvalue weighted by atomic mass is 127. The van der Waals surface area contributed by atoms with Gasteiger partial charge in [-0.2, -0.15) is 0 Å². The molecule has 142 valence electrons. The molecule has 1 heterocycles. The van der Waals surface area contributed by atoms with E-state index in [9.17, 15) is 0 Å². The maximum atomic E-state index is 5.44. The molecule has 2 aromatic carbocycles. The minimum Gasteiger partial charge on any atom is -0.357 e. The van der Waals surface area contributed by atoms with Gasteiger partial charge < -0.3 is 15.2 Å². The Labute approximate surface area is 177 Å². The molecule has 0 radical (unpaired) electrons. The molecule has 0 unspecified atom stereocenters. The third-order valence-corrected chi connectivity index (χ3v) is 4.07. The Bertz CT molecular complexity index is 861. The summed E-state index contributed by atoms with van der Waals surface area (Å²) in [5.41, 5.74) is 4.32. The predicted octanol–water partition coefficient (Wildman–Crippen LogP) is 4.52. The highest BCUT2D eigenvalue weighted by molar-refractivity contribution is 14.0. The molecule has 3 aromatic rings. The van der Waals surface area contributed by atoms with Crippen molar-refractivity contribution < 1.29 is 4.52 Å². The summed E-state index contributed by atoms with van der Waals surface area (Å²) >= 11 is 0. The van der Waals surface area contributed by atoms with E-state index in [4.69, 9.17) is 4.52 Å². The maximum absolute atomic E-state index is 5.44. The van der Waals surface area contributed by atoms with Gasteiger partial charge in [-0.05, 0) is 25.0 Å². The van der Waals surface area contributed by atoms with Crippen molar-refractivity contribution in [1.29, 1.82) is 0 Å². The average molecular weight is 476 g/mol. The third-order valence-electron chi connectivity index (χ3n) is 4.07. The van der Waals surface area contributed by atoms with Crippen LogP contribution in [0.4, 0.5) is 0 Å². The van der Waals surface area contributed by atoms with Crippen LogP contribution >= 0.6 is 24.0 Å². The molecule has 6 heteroatoms. The molecule has 3 rings (SSSR count). The zero-order valence-electron chi connectivity index (χ0n) is 15.6. The third kappa shape index (κ3) is 6.09. The van der Waals surface area contributed by atoms with Crippen LogP contribution in [0.25, 0.3) is 11.3 Å². The summed E-state index contributed by atoms with van der Waals surface area (Å²) in [6.45, 7) is 6.14. The smallest absolute Gasteiger partial charge is 0.191 e. The summed E-state index contributed by atoms with van der Waals surface area (Å²) in [6, 6.07) is 20.2. The molecule has 0 bridgehead atoms. The summed E-state index contributed by atoms with van der Waals surface area (Å²) in [7, 11) is 0. The van der Waals surface area contributed by atoms with E-state index in [1.165, 1.54) is 11.1 Å². The van der Waals surface area contributed by atoms with Crippen molar-refractivity contribution in [2.24, 2.45) is 4.99 Å². The van der Waals surface area contributed by atoms with E-state index in [1.807, 2.05) is 48.5 Å². The zero-order chi connectivity index (χ0) is 18.2. The zero-order valence-corrected chi connectivity index (χ0v) is 17.9. The number of aryl methyl sites for hydroxylation is 1. The van der Waals surface area contributed by atoms with Crippen LogP contribution in [0.1, 0.15) is 23.7 Å². The molecular formula is C21H25IN4O. The first-order valence-corrected chi connectivity index (χ1v) is 8.84. The molecule has 0 atom stereocenters. The van der Waals surface area contributed by atoms with E-state index in [1.54, 1.807) is 0 Å². The summed E-state index contributed by atoms with van der Waals surface area (Å²) in [6.07, 6.45) is 0. The molecule has 0 aliphatic rings. The number of hydrogen-bond donors (Lipinski definition) is 2. The first-order valence-electron chi connectivity index (χ1n) is 8.84. The van der Waals surface area contributed by atoms with Gasteiger partial charge in [0.25, 0.3) is 0 Å². The van der Waals surface area contributed by atoms with E-state index < -0.39 is 0 Å². The van der Waals surface area contributed by atoms with Crippen molar-refractivity contribution >= 4 is 29.9 Å². The lowest BCUT2D eigenvalue weighted by Crippen LogP contribution is -2.36. The fourth-order valence-electron chi connectivity index (χ4n) is 2.60. The Morgan fingerprint density at radius 2 is 1.78 bits per heavy atom. The second-order valence-corrected chi connectivity index (χ2v) is 6.02. The van der Waals surface area contributed by atoms with E-state index in [-0.39, 0.29) is 24.0 Å². The van der Waals surface area contributed by atoms with E-state index in [0.717, 1.165) is 29.5 Å². The summed E-state index contributed by atoms with van der Waals surface area (Å²) < 4.78 is 5.44. The molecule has 2 N–H and O–H groups in total. The molecule has 1 aromatic heterocycles. The Morgan fingerprint density at radius 3 is 2.52 bits per heavy atom. The summed E-state index contributed by atoms with van der Waals surface area (Å²) in [5.74, 6) is 1.53. The minimum absolute atomic E-state index is 0. The number of halogens is 1. The van der Waals surface area contributed by atoms with Gasteiger partial charge in [0.1, 0.15) is 5.69 Å². The van der Waals surface area contributed by atoms with Gasteiger partial charge in [0.2, 0.25) is 0 Å². The van der Waals surface area contributed by atoms with Crippen LogP contribution < -0.4 is 10.6 Å². The van der Waals surface area contributed by atoms with Crippen molar-refractivity contribution in [3.05, 3.63) is 77.5 Å². The molecule has 0 saturated carbocycles. The largest absolute Gasteiger partial charge is 0.357 e. The first kappa shape index (κ1) is 21.0. The lowest BCUT2D eigenvalue weighted by Gasteiger charge is -2.10. The summed E-state index contributed by atoms with van der Waals surface area (Å²) in [5, 5.41) is 10.7. The molecular weight excluding hydrogens is 451 g/mol. The van der Waals surface area contributed by atoms with Crippen molar-refractivity contribution in [1.82, 2.24) is 15.8 Å². The number of aliphatic imine (C=N–C) groups is 1. The molecule has 0 saturated heterocycles. The van der Waals surface area contributed by atoms with Crippen LogP contribution in [0.3, 0.4) is 0 Å². The minimum atomic E-state index is 0. The van der Waals surface area contributed by atoms with Gasteiger partial charge in [0.15, 0.2) is 11.7 Å². The van der Waals surface area contributed by atoms with Crippen LogP contribution in [0, 0.1) is 6.92 Å².